The van der Waals surface area contributed by atoms with Crippen molar-refractivity contribution >= 4 is 34.7 Å². The number of rotatable bonds is 7. The Labute approximate surface area is 217 Å². The van der Waals surface area contributed by atoms with E-state index in [1.165, 1.54) is 0 Å². The van der Waals surface area contributed by atoms with Gasteiger partial charge in [0.25, 0.3) is 0 Å². The van der Waals surface area contributed by atoms with Crippen LogP contribution in [0.5, 0.6) is 0 Å². The van der Waals surface area contributed by atoms with Crippen LogP contribution in [0.3, 0.4) is 0 Å². The number of carbonyl (C=O) groups is 1. The van der Waals surface area contributed by atoms with Gasteiger partial charge in [-0.15, -0.1) is 0 Å². The van der Waals surface area contributed by atoms with E-state index in [9.17, 15) is 4.79 Å². The number of carbonyl (C=O) groups excluding carboxylic acids is 1. The predicted molar refractivity (Wildman–Crippen MR) is 152 cm³/mol. The first-order valence-electron chi connectivity index (χ1n) is 12.3. The van der Waals surface area contributed by atoms with Gasteiger partial charge in [0.2, 0.25) is 0 Å². The molecule has 4 nitrogen and oxygen atoms in total. The lowest BCUT2D eigenvalue weighted by atomic mass is 9.87. The van der Waals surface area contributed by atoms with Crippen molar-refractivity contribution in [2.45, 2.75) is 6.61 Å². The summed E-state index contributed by atoms with van der Waals surface area (Å²) < 4.78 is 5.64. The first kappa shape index (κ1) is 24.0. The number of esters is 1. The summed E-state index contributed by atoms with van der Waals surface area (Å²) in [6, 6.07) is 36.4. The number of allylic oxidation sites excluding steroid dienone is 3. The maximum absolute atomic E-state index is 13.0. The maximum Gasteiger partial charge on any atom is 0.326 e. The Morgan fingerprint density at radius 2 is 1.35 bits per heavy atom. The number of nitrogens with zero attached hydrogens (tertiary/aromatic N) is 2. The minimum atomic E-state index is -0.273. The summed E-state index contributed by atoms with van der Waals surface area (Å²) in [5.74, 6) is -0.273. The molecule has 0 amide bonds. The second-order valence-corrected chi connectivity index (χ2v) is 8.72. The maximum atomic E-state index is 13.0. The van der Waals surface area contributed by atoms with E-state index >= 15 is 0 Å². The molecule has 0 unspecified atom stereocenters. The lowest BCUT2D eigenvalue weighted by molar-refractivity contribution is -0.143. The summed E-state index contributed by atoms with van der Waals surface area (Å²) in [4.78, 5) is 19.2. The van der Waals surface area contributed by atoms with Crippen LogP contribution in [-0.2, 0) is 16.1 Å². The van der Waals surface area contributed by atoms with E-state index in [0.717, 1.165) is 44.8 Å². The lowest BCUT2D eigenvalue weighted by Crippen LogP contribution is -2.30. The first-order valence-corrected chi connectivity index (χ1v) is 12.3. The molecule has 0 aromatic heterocycles. The number of para-hydroxylation sites is 2. The summed E-state index contributed by atoms with van der Waals surface area (Å²) in [6.07, 6.45) is 6.05. The Morgan fingerprint density at radius 3 is 1.97 bits per heavy atom. The summed E-state index contributed by atoms with van der Waals surface area (Å²) in [5.41, 5.74) is 8.30. The molecule has 37 heavy (non-hydrogen) atoms. The highest BCUT2D eigenvalue weighted by molar-refractivity contribution is 6.04. The van der Waals surface area contributed by atoms with Crippen molar-refractivity contribution in [2.75, 3.05) is 18.5 Å². The standard InChI is InChI=1S/C33H28N2O2/c1-34-21-20-27(26-14-6-3-7-15-26)22-30-28-16-8-10-18-31(28)35(32-19-11-9-17-29(30)32)23-33(36)37-24-25-12-4-2-5-13-25/h2-22H,23-24H2,1H3/b27-20-,34-21+. The number of aliphatic imine (C=N–C) groups is 1. The molecule has 0 saturated heterocycles. The fourth-order valence-corrected chi connectivity index (χ4v) is 4.56. The van der Waals surface area contributed by atoms with Gasteiger partial charge in [0.1, 0.15) is 13.2 Å². The van der Waals surface area contributed by atoms with E-state index in [1.807, 2.05) is 85.1 Å². The topological polar surface area (TPSA) is 41.9 Å². The van der Waals surface area contributed by atoms with Crippen molar-refractivity contribution in [2.24, 2.45) is 4.99 Å². The van der Waals surface area contributed by atoms with E-state index in [2.05, 4.69) is 52.4 Å². The molecule has 4 aromatic carbocycles. The van der Waals surface area contributed by atoms with Gasteiger partial charge in [0.05, 0.1) is 0 Å². The monoisotopic (exact) mass is 484 g/mol. The molecule has 0 N–H and O–H groups in total. The fraction of sp³-hybridized carbons (Fsp3) is 0.0909. The average Bonchev–Trinajstić information content (AvgIpc) is 2.96. The van der Waals surface area contributed by atoms with Crippen LogP contribution in [0.25, 0.3) is 11.1 Å². The molecule has 0 atom stereocenters. The van der Waals surface area contributed by atoms with Crippen molar-refractivity contribution < 1.29 is 9.53 Å². The minimum Gasteiger partial charge on any atom is -0.459 e. The van der Waals surface area contributed by atoms with Crippen molar-refractivity contribution in [3.63, 3.8) is 0 Å². The zero-order valence-electron chi connectivity index (χ0n) is 20.7. The summed E-state index contributed by atoms with van der Waals surface area (Å²) >= 11 is 0. The van der Waals surface area contributed by atoms with Crippen molar-refractivity contribution in [3.8, 4) is 0 Å². The van der Waals surface area contributed by atoms with E-state index in [1.54, 1.807) is 7.05 Å². The first-order chi connectivity index (χ1) is 18.2. The highest BCUT2D eigenvalue weighted by atomic mass is 16.5. The molecule has 4 aromatic rings. The van der Waals surface area contributed by atoms with Gasteiger partial charge in [-0.2, -0.15) is 0 Å². The smallest absolute Gasteiger partial charge is 0.326 e. The van der Waals surface area contributed by atoms with Crippen LogP contribution in [0.4, 0.5) is 11.4 Å². The van der Waals surface area contributed by atoms with Gasteiger partial charge >= 0.3 is 5.97 Å². The van der Waals surface area contributed by atoms with Crippen LogP contribution in [0, 0.1) is 0 Å². The molecule has 0 radical (unpaired) electrons. The quantitative estimate of drug-likeness (QED) is 0.208. The summed E-state index contributed by atoms with van der Waals surface area (Å²) in [7, 11) is 1.77. The molecule has 0 fully saturated rings. The van der Waals surface area contributed by atoms with Gasteiger partial charge in [-0.05, 0) is 46.6 Å². The van der Waals surface area contributed by atoms with Gasteiger partial charge in [0, 0.05) is 35.8 Å². The number of ether oxygens (including phenoxy) is 1. The third kappa shape index (κ3) is 5.44. The van der Waals surface area contributed by atoms with Crippen LogP contribution in [-0.4, -0.2) is 25.8 Å². The molecule has 0 spiro atoms. The highest BCUT2D eigenvalue weighted by Crippen LogP contribution is 2.45. The summed E-state index contributed by atoms with van der Waals surface area (Å²) in [6.45, 7) is 0.379. The second kappa shape index (κ2) is 11.4. The number of fused-ring (bicyclic) bond motifs is 2. The second-order valence-electron chi connectivity index (χ2n) is 8.72. The molecular formula is C33H28N2O2. The van der Waals surface area contributed by atoms with E-state index < -0.39 is 0 Å². The van der Waals surface area contributed by atoms with Crippen molar-refractivity contribution in [1.29, 1.82) is 0 Å². The molecule has 0 bridgehead atoms. The van der Waals surface area contributed by atoms with Gasteiger partial charge in [-0.25, -0.2) is 0 Å². The van der Waals surface area contributed by atoms with Crippen molar-refractivity contribution in [1.82, 2.24) is 0 Å². The lowest BCUT2D eigenvalue weighted by Gasteiger charge is -2.34. The minimum absolute atomic E-state index is 0.123. The highest BCUT2D eigenvalue weighted by Gasteiger charge is 2.28. The summed E-state index contributed by atoms with van der Waals surface area (Å²) in [5, 5.41) is 0. The number of anilines is 2. The van der Waals surface area contributed by atoms with E-state index in [0.29, 0.717) is 0 Å². The van der Waals surface area contributed by atoms with Crippen LogP contribution in [0.2, 0.25) is 0 Å². The molecular weight excluding hydrogens is 456 g/mol. The van der Waals surface area contributed by atoms with Gasteiger partial charge in [-0.3, -0.25) is 9.79 Å². The van der Waals surface area contributed by atoms with Crippen LogP contribution in [0.15, 0.2) is 126 Å². The molecule has 1 heterocycles. The molecule has 1 aliphatic heterocycles. The number of hydrogen-bond acceptors (Lipinski definition) is 4. The van der Waals surface area contributed by atoms with Gasteiger partial charge < -0.3 is 9.64 Å². The van der Waals surface area contributed by atoms with E-state index in [4.69, 9.17) is 4.74 Å². The third-order valence-corrected chi connectivity index (χ3v) is 6.31. The molecule has 4 heteroatoms. The SMILES string of the molecule is C/N=C/C=C(/C=C1c2ccccc2N(CC(=O)OCc2ccccc2)c2ccccc21)c1ccccc1. The molecule has 0 aliphatic carbocycles. The predicted octanol–water partition coefficient (Wildman–Crippen LogP) is 7.10. The Balaban J connectivity index is 1.53. The molecule has 182 valence electrons. The van der Waals surface area contributed by atoms with Crippen LogP contribution < -0.4 is 4.90 Å². The Hall–Kier alpha value is -4.70. The number of benzene rings is 4. The normalized spacial score (nSPS) is 12.7. The zero-order valence-corrected chi connectivity index (χ0v) is 20.7. The molecule has 5 rings (SSSR count). The van der Waals surface area contributed by atoms with Gasteiger partial charge in [0.15, 0.2) is 0 Å². The van der Waals surface area contributed by atoms with Crippen LogP contribution >= 0.6 is 0 Å². The van der Waals surface area contributed by atoms with Crippen LogP contribution in [0.1, 0.15) is 22.3 Å². The Morgan fingerprint density at radius 1 is 0.784 bits per heavy atom. The fourth-order valence-electron chi connectivity index (χ4n) is 4.56. The average molecular weight is 485 g/mol. The van der Waals surface area contributed by atoms with Crippen molar-refractivity contribution in [3.05, 3.63) is 144 Å². The zero-order chi connectivity index (χ0) is 25.5. The largest absolute Gasteiger partial charge is 0.459 e. The number of hydrogen-bond donors (Lipinski definition) is 0. The third-order valence-electron chi connectivity index (χ3n) is 6.31. The van der Waals surface area contributed by atoms with Gasteiger partial charge in [-0.1, -0.05) is 97.1 Å². The van der Waals surface area contributed by atoms with E-state index in [-0.39, 0.29) is 19.1 Å². The Kier molecular flexibility index (Phi) is 7.37. The Bertz CT molecular complexity index is 1420. The molecule has 0 saturated carbocycles. The molecule has 1 aliphatic rings.